The molecule has 0 aliphatic rings. The van der Waals surface area contributed by atoms with Crippen LogP contribution in [0.5, 0.6) is 0 Å². The molecule has 1 amide bonds. The number of aliphatic hydroxyl groups is 1. The molecule has 0 rings (SSSR count). The van der Waals surface area contributed by atoms with E-state index < -0.39 is 30.1 Å². The first-order chi connectivity index (χ1) is 6.09. The molecule has 0 radical (unpaired) electrons. The van der Waals surface area contributed by atoms with Crippen molar-refractivity contribution in [1.82, 2.24) is 5.32 Å². The van der Waals surface area contributed by atoms with Crippen molar-refractivity contribution in [3.05, 3.63) is 0 Å². The van der Waals surface area contributed by atoms with Crippen LogP contribution in [0.3, 0.4) is 0 Å². The molecule has 1 atom stereocenters. The average molecular weight is 213 g/mol. The first-order valence-corrected chi connectivity index (χ1v) is 4.07. The molecule has 0 bridgehead atoms. The van der Waals surface area contributed by atoms with Crippen LogP contribution in [0, 0.1) is 5.41 Å². The second kappa shape index (κ2) is 4.16. The summed E-state index contributed by atoms with van der Waals surface area (Å²) in [6.45, 7) is 4.37. The highest BCUT2D eigenvalue weighted by molar-refractivity contribution is 5.82. The summed E-state index contributed by atoms with van der Waals surface area (Å²) in [6.07, 6.45) is -4.90. The van der Waals surface area contributed by atoms with Crippen LogP contribution in [0.2, 0.25) is 0 Å². The van der Waals surface area contributed by atoms with Crippen molar-refractivity contribution in [2.45, 2.75) is 33.0 Å². The minimum atomic E-state index is -4.90. The Balaban J connectivity index is 4.43. The Kier molecular flexibility index (Phi) is 3.93. The van der Waals surface area contributed by atoms with E-state index in [0.29, 0.717) is 0 Å². The second-order valence-electron chi connectivity index (χ2n) is 4.07. The summed E-state index contributed by atoms with van der Waals surface area (Å²) in [7, 11) is 0. The Labute approximate surface area is 80.3 Å². The Morgan fingerprint density at radius 1 is 1.36 bits per heavy atom. The standard InChI is InChI=1S/C8H14F3NO2/c1-7(2,3)5(4-13)12-6(14)8(9,10)11/h5,13H,4H2,1-3H3,(H,12,14)/t5-/m1/s1. The highest BCUT2D eigenvalue weighted by Gasteiger charge is 2.41. The summed E-state index contributed by atoms with van der Waals surface area (Å²) in [5.41, 5.74) is -0.615. The molecule has 2 N–H and O–H groups in total. The molecule has 0 heterocycles. The lowest BCUT2D eigenvalue weighted by Gasteiger charge is -2.29. The van der Waals surface area contributed by atoms with Gasteiger partial charge in [0.05, 0.1) is 12.6 Å². The maximum absolute atomic E-state index is 11.8. The number of carbonyl (C=O) groups excluding carboxylic acids is 1. The maximum atomic E-state index is 11.8. The van der Waals surface area contributed by atoms with E-state index in [9.17, 15) is 18.0 Å². The predicted octanol–water partition coefficient (Wildman–Crippen LogP) is 1.07. The van der Waals surface area contributed by atoms with Gasteiger partial charge in [0, 0.05) is 0 Å². The molecule has 0 saturated carbocycles. The summed E-state index contributed by atoms with van der Waals surface area (Å²) in [5.74, 6) is -2.02. The fourth-order valence-electron chi connectivity index (χ4n) is 0.776. The Hall–Kier alpha value is -0.780. The normalized spacial score (nSPS) is 15.1. The van der Waals surface area contributed by atoms with Crippen LogP contribution in [-0.4, -0.2) is 29.8 Å². The molecule has 0 saturated heterocycles. The van der Waals surface area contributed by atoms with Crippen LogP contribution in [0.25, 0.3) is 0 Å². The first kappa shape index (κ1) is 13.2. The smallest absolute Gasteiger partial charge is 0.394 e. The van der Waals surface area contributed by atoms with Gasteiger partial charge in [0.1, 0.15) is 0 Å². The molecule has 0 aromatic rings. The maximum Gasteiger partial charge on any atom is 0.471 e. The lowest BCUT2D eigenvalue weighted by Crippen LogP contribution is -2.50. The van der Waals surface area contributed by atoms with Crippen LogP contribution in [0.15, 0.2) is 0 Å². The minimum absolute atomic E-state index is 0.522. The fourth-order valence-corrected chi connectivity index (χ4v) is 0.776. The predicted molar refractivity (Wildman–Crippen MR) is 44.5 cm³/mol. The van der Waals surface area contributed by atoms with Crippen molar-refractivity contribution in [3.8, 4) is 0 Å². The van der Waals surface area contributed by atoms with Crippen molar-refractivity contribution >= 4 is 5.91 Å². The molecule has 14 heavy (non-hydrogen) atoms. The van der Waals surface area contributed by atoms with Gasteiger partial charge in [-0.2, -0.15) is 13.2 Å². The summed E-state index contributed by atoms with van der Waals surface area (Å²) in [5, 5.41) is 10.5. The number of hydrogen-bond donors (Lipinski definition) is 2. The fraction of sp³-hybridized carbons (Fsp3) is 0.875. The van der Waals surface area contributed by atoms with Crippen LogP contribution >= 0.6 is 0 Å². The van der Waals surface area contributed by atoms with Crippen LogP contribution in [0.4, 0.5) is 13.2 Å². The van der Waals surface area contributed by atoms with Crippen LogP contribution in [0.1, 0.15) is 20.8 Å². The van der Waals surface area contributed by atoms with Gasteiger partial charge in [-0.15, -0.1) is 0 Å². The number of carbonyl (C=O) groups is 1. The van der Waals surface area contributed by atoms with E-state index >= 15 is 0 Å². The van der Waals surface area contributed by atoms with Gasteiger partial charge < -0.3 is 10.4 Å². The van der Waals surface area contributed by atoms with E-state index in [2.05, 4.69) is 0 Å². The largest absolute Gasteiger partial charge is 0.471 e. The topological polar surface area (TPSA) is 49.3 Å². The van der Waals surface area contributed by atoms with Crippen LogP contribution in [-0.2, 0) is 4.79 Å². The molecule has 84 valence electrons. The monoisotopic (exact) mass is 213 g/mol. The zero-order valence-electron chi connectivity index (χ0n) is 8.27. The molecule has 3 nitrogen and oxygen atoms in total. The second-order valence-corrected chi connectivity index (χ2v) is 4.07. The van der Waals surface area contributed by atoms with Gasteiger partial charge in [-0.3, -0.25) is 4.79 Å². The number of nitrogens with one attached hydrogen (secondary N) is 1. The number of alkyl halides is 3. The third-order valence-corrected chi connectivity index (χ3v) is 1.79. The van der Waals surface area contributed by atoms with Gasteiger partial charge in [-0.05, 0) is 5.41 Å². The summed E-state index contributed by atoms with van der Waals surface area (Å²) < 4.78 is 35.5. The Morgan fingerprint density at radius 3 is 2.00 bits per heavy atom. The van der Waals surface area contributed by atoms with Gasteiger partial charge in [0.25, 0.3) is 0 Å². The number of aliphatic hydroxyl groups excluding tert-OH is 1. The number of rotatable bonds is 2. The quantitative estimate of drug-likeness (QED) is 0.720. The van der Waals surface area contributed by atoms with Gasteiger partial charge in [0.2, 0.25) is 0 Å². The van der Waals surface area contributed by atoms with Crippen molar-refractivity contribution < 1.29 is 23.1 Å². The molecule has 0 unspecified atom stereocenters. The molecule has 0 aliphatic heterocycles. The molecular formula is C8H14F3NO2. The lowest BCUT2D eigenvalue weighted by atomic mass is 9.87. The minimum Gasteiger partial charge on any atom is -0.394 e. The molecule has 0 aromatic heterocycles. The number of hydrogen-bond acceptors (Lipinski definition) is 2. The van der Waals surface area contributed by atoms with Gasteiger partial charge in [-0.25, -0.2) is 0 Å². The van der Waals surface area contributed by atoms with E-state index in [4.69, 9.17) is 5.11 Å². The van der Waals surface area contributed by atoms with E-state index in [1.807, 2.05) is 0 Å². The number of amides is 1. The lowest BCUT2D eigenvalue weighted by molar-refractivity contribution is -0.175. The van der Waals surface area contributed by atoms with E-state index in [1.165, 1.54) is 0 Å². The van der Waals surface area contributed by atoms with Crippen molar-refractivity contribution in [2.75, 3.05) is 6.61 Å². The summed E-state index contributed by atoms with van der Waals surface area (Å²) in [4.78, 5) is 10.5. The Bertz CT molecular complexity index is 208. The molecular weight excluding hydrogens is 199 g/mol. The van der Waals surface area contributed by atoms with Crippen molar-refractivity contribution in [2.24, 2.45) is 5.41 Å². The molecule has 6 heteroatoms. The third kappa shape index (κ3) is 3.95. The highest BCUT2D eigenvalue weighted by atomic mass is 19.4. The zero-order valence-corrected chi connectivity index (χ0v) is 8.27. The van der Waals surface area contributed by atoms with E-state index in [1.54, 1.807) is 26.1 Å². The molecule has 0 spiro atoms. The summed E-state index contributed by atoms with van der Waals surface area (Å²) in [6, 6.07) is -0.906. The third-order valence-electron chi connectivity index (χ3n) is 1.79. The van der Waals surface area contributed by atoms with E-state index in [-0.39, 0.29) is 0 Å². The van der Waals surface area contributed by atoms with Crippen molar-refractivity contribution in [3.63, 3.8) is 0 Å². The average Bonchev–Trinajstić information content (AvgIpc) is 1.95. The SMILES string of the molecule is CC(C)(C)[C@@H](CO)NC(=O)C(F)(F)F. The van der Waals surface area contributed by atoms with E-state index in [0.717, 1.165) is 0 Å². The highest BCUT2D eigenvalue weighted by Crippen LogP contribution is 2.21. The number of halogens is 3. The molecule has 0 aromatic carbocycles. The summed E-state index contributed by atoms with van der Waals surface area (Å²) >= 11 is 0. The van der Waals surface area contributed by atoms with Gasteiger partial charge in [-0.1, -0.05) is 20.8 Å². The first-order valence-electron chi connectivity index (χ1n) is 4.07. The van der Waals surface area contributed by atoms with Gasteiger partial charge in [0.15, 0.2) is 0 Å². The van der Waals surface area contributed by atoms with Gasteiger partial charge >= 0.3 is 12.1 Å². The molecule has 0 aliphatic carbocycles. The Morgan fingerprint density at radius 2 is 1.79 bits per heavy atom. The van der Waals surface area contributed by atoms with Crippen LogP contribution < -0.4 is 5.32 Å². The molecule has 0 fully saturated rings. The van der Waals surface area contributed by atoms with Crippen molar-refractivity contribution in [1.29, 1.82) is 0 Å². The zero-order chi connectivity index (χ0) is 11.6.